The first-order valence-electron chi connectivity index (χ1n) is 5.40. The normalized spacial score (nSPS) is 11.5. The zero-order valence-electron chi connectivity index (χ0n) is 10.2. The van der Waals surface area contributed by atoms with E-state index < -0.39 is 15.9 Å². The molecule has 0 aliphatic carbocycles. The SMILES string of the molecule is CC(C)NC(=O)CNS(=O)(=O)c1ccccc1O. The highest BCUT2D eigenvalue weighted by molar-refractivity contribution is 7.89. The van der Waals surface area contributed by atoms with Gasteiger partial charge in [-0.05, 0) is 26.0 Å². The lowest BCUT2D eigenvalue weighted by Crippen LogP contribution is -2.39. The number of aromatic hydroxyl groups is 1. The summed E-state index contributed by atoms with van der Waals surface area (Å²) in [5, 5.41) is 12.0. The fraction of sp³-hybridized carbons (Fsp3) is 0.364. The van der Waals surface area contributed by atoms with Crippen molar-refractivity contribution >= 4 is 15.9 Å². The maximum absolute atomic E-state index is 11.8. The lowest BCUT2D eigenvalue weighted by Gasteiger charge is -2.10. The van der Waals surface area contributed by atoms with Crippen LogP contribution in [0, 0.1) is 0 Å². The van der Waals surface area contributed by atoms with E-state index in [4.69, 9.17) is 0 Å². The number of phenols is 1. The number of carbonyl (C=O) groups excluding carboxylic acids is 1. The molecular weight excluding hydrogens is 256 g/mol. The Hall–Kier alpha value is -1.60. The minimum absolute atomic E-state index is 0.0628. The van der Waals surface area contributed by atoms with Crippen LogP contribution in [0.3, 0.4) is 0 Å². The summed E-state index contributed by atoms with van der Waals surface area (Å²) in [6.07, 6.45) is 0. The molecular formula is C11H16N2O4S. The fourth-order valence-electron chi connectivity index (χ4n) is 1.30. The zero-order valence-corrected chi connectivity index (χ0v) is 11.0. The largest absolute Gasteiger partial charge is 0.507 e. The Labute approximate surface area is 106 Å². The molecule has 1 amide bonds. The summed E-state index contributed by atoms with van der Waals surface area (Å²) in [5.74, 6) is -0.779. The number of carbonyl (C=O) groups is 1. The number of hydrogen-bond acceptors (Lipinski definition) is 4. The summed E-state index contributed by atoms with van der Waals surface area (Å²) in [7, 11) is -3.88. The summed E-state index contributed by atoms with van der Waals surface area (Å²) in [6.45, 7) is 3.18. The topological polar surface area (TPSA) is 95.5 Å². The van der Waals surface area contributed by atoms with Crippen LogP contribution in [0.1, 0.15) is 13.8 Å². The molecule has 1 aromatic rings. The van der Waals surface area contributed by atoms with Crippen molar-refractivity contribution < 1.29 is 18.3 Å². The van der Waals surface area contributed by atoms with E-state index in [0.29, 0.717) is 0 Å². The van der Waals surface area contributed by atoms with Gasteiger partial charge in [0.25, 0.3) is 0 Å². The first kappa shape index (κ1) is 14.5. The van der Waals surface area contributed by atoms with Crippen LogP contribution in [-0.2, 0) is 14.8 Å². The molecule has 0 heterocycles. The third-order valence-electron chi connectivity index (χ3n) is 2.03. The van der Waals surface area contributed by atoms with Gasteiger partial charge in [0.2, 0.25) is 15.9 Å². The molecule has 100 valence electrons. The van der Waals surface area contributed by atoms with E-state index in [-0.39, 0.29) is 23.2 Å². The van der Waals surface area contributed by atoms with Crippen molar-refractivity contribution in [3.63, 3.8) is 0 Å². The van der Waals surface area contributed by atoms with E-state index in [0.717, 1.165) is 0 Å². The van der Waals surface area contributed by atoms with E-state index in [1.807, 2.05) is 0 Å². The van der Waals surface area contributed by atoms with Crippen molar-refractivity contribution in [1.82, 2.24) is 10.0 Å². The van der Waals surface area contributed by atoms with Gasteiger partial charge >= 0.3 is 0 Å². The maximum Gasteiger partial charge on any atom is 0.244 e. The fourth-order valence-corrected chi connectivity index (χ4v) is 2.37. The van der Waals surface area contributed by atoms with E-state index in [1.54, 1.807) is 13.8 Å². The monoisotopic (exact) mass is 272 g/mol. The Kier molecular flexibility index (Phi) is 4.69. The molecule has 7 heteroatoms. The van der Waals surface area contributed by atoms with Gasteiger partial charge in [0.15, 0.2) is 0 Å². The summed E-state index contributed by atoms with van der Waals surface area (Å²) >= 11 is 0. The highest BCUT2D eigenvalue weighted by Gasteiger charge is 2.18. The Balaban J connectivity index is 2.72. The summed E-state index contributed by atoms with van der Waals surface area (Å²) in [4.78, 5) is 11.1. The minimum Gasteiger partial charge on any atom is -0.507 e. The van der Waals surface area contributed by atoms with Gasteiger partial charge in [-0.3, -0.25) is 4.79 Å². The van der Waals surface area contributed by atoms with Gasteiger partial charge in [0, 0.05) is 6.04 Å². The molecule has 0 radical (unpaired) electrons. The number of hydrogen-bond donors (Lipinski definition) is 3. The Morgan fingerprint density at radius 1 is 1.33 bits per heavy atom. The van der Waals surface area contributed by atoms with E-state index in [9.17, 15) is 18.3 Å². The van der Waals surface area contributed by atoms with Gasteiger partial charge in [0.1, 0.15) is 10.6 Å². The van der Waals surface area contributed by atoms with Crippen molar-refractivity contribution in [3.05, 3.63) is 24.3 Å². The van der Waals surface area contributed by atoms with Gasteiger partial charge in [-0.15, -0.1) is 0 Å². The number of para-hydroxylation sites is 1. The van der Waals surface area contributed by atoms with Gasteiger partial charge < -0.3 is 10.4 Å². The highest BCUT2D eigenvalue weighted by atomic mass is 32.2. The summed E-state index contributed by atoms with van der Waals surface area (Å²) < 4.78 is 25.7. The minimum atomic E-state index is -3.88. The van der Waals surface area contributed by atoms with Crippen molar-refractivity contribution in [2.24, 2.45) is 0 Å². The molecule has 3 N–H and O–H groups in total. The van der Waals surface area contributed by atoms with Gasteiger partial charge in [0.05, 0.1) is 6.54 Å². The lowest BCUT2D eigenvalue weighted by molar-refractivity contribution is -0.120. The quantitative estimate of drug-likeness (QED) is 0.713. The number of amides is 1. The van der Waals surface area contributed by atoms with Crippen LogP contribution in [0.2, 0.25) is 0 Å². The average molecular weight is 272 g/mol. The molecule has 18 heavy (non-hydrogen) atoms. The number of nitrogens with one attached hydrogen (secondary N) is 2. The Morgan fingerprint density at radius 2 is 1.94 bits per heavy atom. The predicted octanol–water partition coefficient (Wildman–Crippen LogP) is 0.195. The number of sulfonamides is 1. The molecule has 0 bridgehead atoms. The number of rotatable bonds is 5. The Bertz CT molecular complexity index is 526. The van der Waals surface area contributed by atoms with Crippen LogP contribution in [0.15, 0.2) is 29.2 Å². The second-order valence-electron chi connectivity index (χ2n) is 4.01. The molecule has 6 nitrogen and oxygen atoms in total. The first-order valence-corrected chi connectivity index (χ1v) is 6.88. The van der Waals surface area contributed by atoms with Gasteiger partial charge in [-0.2, -0.15) is 0 Å². The van der Waals surface area contributed by atoms with Crippen molar-refractivity contribution in [2.45, 2.75) is 24.8 Å². The molecule has 0 aliphatic heterocycles. The average Bonchev–Trinajstić information content (AvgIpc) is 2.26. The van der Waals surface area contributed by atoms with Gasteiger partial charge in [-0.25, -0.2) is 13.1 Å². The molecule has 0 saturated heterocycles. The van der Waals surface area contributed by atoms with Crippen molar-refractivity contribution in [1.29, 1.82) is 0 Å². The third-order valence-corrected chi connectivity index (χ3v) is 3.48. The number of phenolic OH excluding ortho intramolecular Hbond substituents is 1. The first-order chi connectivity index (χ1) is 8.33. The van der Waals surface area contributed by atoms with Crippen molar-refractivity contribution in [3.8, 4) is 5.75 Å². The van der Waals surface area contributed by atoms with E-state index >= 15 is 0 Å². The van der Waals surface area contributed by atoms with Crippen LogP contribution in [-0.4, -0.2) is 32.0 Å². The van der Waals surface area contributed by atoms with Crippen LogP contribution in [0.5, 0.6) is 5.75 Å². The molecule has 0 aromatic heterocycles. The van der Waals surface area contributed by atoms with Crippen molar-refractivity contribution in [2.75, 3.05) is 6.54 Å². The maximum atomic E-state index is 11.8. The second-order valence-corrected chi connectivity index (χ2v) is 5.75. The predicted molar refractivity (Wildman–Crippen MR) is 66.6 cm³/mol. The molecule has 0 fully saturated rings. The zero-order chi connectivity index (χ0) is 13.8. The Morgan fingerprint density at radius 3 is 2.50 bits per heavy atom. The van der Waals surface area contributed by atoms with Gasteiger partial charge in [-0.1, -0.05) is 12.1 Å². The van der Waals surface area contributed by atoms with E-state index in [1.165, 1.54) is 24.3 Å². The molecule has 1 aromatic carbocycles. The molecule has 0 spiro atoms. The molecule has 0 aliphatic rings. The van der Waals surface area contributed by atoms with Crippen LogP contribution in [0.4, 0.5) is 0 Å². The van der Waals surface area contributed by atoms with Crippen LogP contribution < -0.4 is 10.0 Å². The van der Waals surface area contributed by atoms with Crippen LogP contribution in [0.25, 0.3) is 0 Å². The summed E-state index contributed by atoms with van der Waals surface area (Å²) in [6, 6.07) is 5.47. The van der Waals surface area contributed by atoms with Crippen LogP contribution >= 0.6 is 0 Å². The molecule has 0 atom stereocenters. The second kappa shape index (κ2) is 5.83. The standard InChI is InChI=1S/C11H16N2O4S/c1-8(2)13-11(15)7-12-18(16,17)10-6-4-3-5-9(10)14/h3-6,8,12,14H,7H2,1-2H3,(H,13,15). The third kappa shape index (κ3) is 4.01. The lowest BCUT2D eigenvalue weighted by atomic mass is 10.3. The summed E-state index contributed by atoms with van der Waals surface area (Å²) in [5.41, 5.74) is 0. The molecule has 0 unspecified atom stereocenters. The number of benzene rings is 1. The molecule has 1 rings (SSSR count). The van der Waals surface area contributed by atoms with E-state index in [2.05, 4.69) is 10.0 Å². The molecule has 0 saturated carbocycles. The highest BCUT2D eigenvalue weighted by Crippen LogP contribution is 2.20. The smallest absolute Gasteiger partial charge is 0.244 e.